The summed E-state index contributed by atoms with van der Waals surface area (Å²) < 4.78 is 0. The molecule has 0 bridgehead atoms. The summed E-state index contributed by atoms with van der Waals surface area (Å²) in [6, 6.07) is 5.75. The summed E-state index contributed by atoms with van der Waals surface area (Å²) in [4.78, 5) is 29.1. The molecule has 1 fully saturated rings. The molecule has 0 aromatic carbocycles. The second-order valence-corrected chi connectivity index (χ2v) is 5.84. The van der Waals surface area contributed by atoms with E-state index in [1.54, 1.807) is 12.4 Å². The summed E-state index contributed by atoms with van der Waals surface area (Å²) in [5.41, 5.74) is 1.83. The van der Waals surface area contributed by atoms with Gasteiger partial charge in [0.05, 0.1) is 12.2 Å². The molecule has 0 saturated carbocycles. The van der Waals surface area contributed by atoms with Gasteiger partial charge in [-0.2, -0.15) is 0 Å². The Labute approximate surface area is 136 Å². The second-order valence-electron chi connectivity index (χ2n) is 5.84. The molecule has 6 nitrogen and oxygen atoms in total. The van der Waals surface area contributed by atoms with E-state index >= 15 is 0 Å². The van der Waals surface area contributed by atoms with Crippen molar-refractivity contribution in [1.29, 1.82) is 0 Å². The van der Waals surface area contributed by atoms with E-state index in [4.69, 9.17) is 0 Å². The van der Waals surface area contributed by atoms with Gasteiger partial charge in [-0.15, -0.1) is 0 Å². The zero-order chi connectivity index (χ0) is 16.2. The molecule has 0 spiro atoms. The number of hydrogen-bond donors (Lipinski definition) is 0. The van der Waals surface area contributed by atoms with Crippen molar-refractivity contribution in [2.24, 2.45) is 0 Å². The fourth-order valence-electron chi connectivity index (χ4n) is 2.77. The van der Waals surface area contributed by atoms with E-state index in [-0.39, 0.29) is 5.91 Å². The van der Waals surface area contributed by atoms with Crippen molar-refractivity contribution < 1.29 is 4.79 Å². The van der Waals surface area contributed by atoms with Crippen LogP contribution in [0.15, 0.2) is 30.6 Å². The van der Waals surface area contributed by atoms with Gasteiger partial charge in [-0.05, 0) is 31.9 Å². The van der Waals surface area contributed by atoms with Crippen LogP contribution < -0.4 is 4.90 Å². The molecule has 1 saturated heterocycles. The molecule has 1 aliphatic heterocycles. The minimum absolute atomic E-state index is 0.159. The first-order valence-corrected chi connectivity index (χ1v) is 7.88. The quantitative estimate of drug-likeness (QED) is 0.863. The predicted molar refractivity (Wildman–Crippen MR) is 89.1 cm³/mol. The lowest BCUT2D eigenvalue weighted by molar-refractivity contribution is -0.128. The number of hydrogen-bond acceptors (Lipinski definition) is 5. The van der Waals surface area contributed by atoms with Crippen LogP contribution in [0.3, 0.4) is 0 Å². The second kappa shape index (κ2) is 6.73. The van der Waals surface area contributed by atoms with Gasteiger partial charge in [0.2, 0.25) is 5.91 Å². The van der Waals surface area contributed by atoms with Gasteiger partial charge >= 0.3 is 0 Å². The van der Waals surface area contributed by atoms with Crippen molar-refractivity contribution in [2.75, 3.05) is 31.6 Å². The number of rotatable bonds is 4. The molecule has 1 aliphatic rings. The van der Waals surface area contributed by atoms with E-state index < -0.39 is 0 Å². The lowest BCUT2D eigenvalue weighted by atomic mass is 10.2. The number of nitrogens with zero attached hydrogens (tertiary/aromatic N) is 5. The first kappa shape index (κ1) is 15.4. The SMILES string of the molecule is Cc1nc(-c2ccncc2)cc(N(C)CC(=O)N2CCCC2)n1. The maximum absolute atomic E-state index is 12.3. The summed E-state index contributed by atoms with van der Waals surface area (Å²) in [6.45, 7) is 3.95. The molecule has 1 amide bonds. The zero-order valence-electron chi connectivity index (χ0n) is 13.6. The highest BCUT2D eigenvalue weighted by atomic mass is 16.2. The molecule has 0 radical (unpaired) electrons. The summed E-state index contributed by atoms with van der Waals surface area (Å²) >= 11 is 0. The molecule has 0 unspecified atom stereocenters. The van der Waals surface area contributed by atoms with Gasteiger partial charge in [0.25, 0.3) is 0 Å². The topological polar surface area (TPSA) is 62.2 Å². The highest BCUT2D eigenvalue weighted by Crippen LogP contribution is 2.21. The minimum atomic E-state index is 0.159. The van der Waals surface area contributed by atoms with Gasteiger partial charge in [0, 0.05) is 44.2 Å². The third kappa shape index (κ3) is 3.64. The number of aryl methyl sites for hydroxylation is 1. The molecule has 0 atom stereocenters. The van der Waals surface area contributed by atoms with Crippen LogP contribution in [0.2, 0.25) is 0 Å². The predicted octanol–water partition coefficient (Wildman–Crippen LogP) is 1.91. The van der Waals surface area contributed by atoms with Crippen molar-refractivity contribution in [3.05, 3.63) is 36.4 Å². The largest absolute Gasteiger partial charge is 0.350 e. The lowest BCUT2D eigenvalue weighted by Crippen LogP contribution is -2.37. The molecular formula is C17H21N5O. The molecule has 23 heavy (non-hydrogen) atoms. The number of likely N-dealkylation sites (tertiary alicyclic amines) is 1. The Bertz CT molecular complexity index is 683. The van der Waals surface area contributed by atoms with E-state index in [9.17, 15) is 4.79 Å². The Morgan fingerprint density at radius 2 is 1.91 bits per heavy atom. The van der Waals surface area contributed by atoms with Crippen LogP contribution in [0.4, 0.5) is 5.82 Å². The van der Waals surface area contributed by atoms with Crippen LogP contribution in [0.1, 0.15) is 18.7 Å². The monoisotopic (exact) mass is 311 g/mol. The third-order valence-electron chi connectivity index (χ3n) is 4.02. The summed E-state index contributed by atoms with van der Waals surface area (Å²) in [5, 5.41) is 0. The first-order chi connectivity index (χ1) is 11.1. The van der Waals surface area contributed by atoms with Crippen molar-refractivity contribution >= 4 is 11.7 Å². The third-order valence-corrected chi connectivity index (χ3v) is 4.02. The molecule has 0 N–H and O–H groups in total. The summed E-state index contributed by atoms with van der Waals surface area (Å²) in [7, 11) is 1.89. The van der Waals surface area contributed by atoms with E-state index in [0.29, 0.717) is 12.4 Å². The van der Waals surface area contributed by atoms with E-state index in [1.807, 2.05) is 42.0 Å². The van der Waals surface area contributed by atoms with Crippen molar-refractivity contribution in [3.8, 4) is 11.3 Å². The molecule has 3 heterocycles. The van der Waals surface area contributed by atoms with E-state index in [0.717, 1.165) is 43.0 Å². The van der Waals surface area contributed by atoms with E-state index in [1.165, 1.54) is 0 Å². The average Bonchev–Trinajstić information content (AvgIpc) is 3.09. The molecule has 0 aliphatic carbocycles. The summed E-state index contributed by atoms with van der Waals surface area (Å²) in [5.74, 6) is 1.61. The smallest absolute Gasteiger partial charge is 0.242 e. The molecule has 120 valence electrons. The normalized spacial score (nSPS) is 14.1. The van der Waals surface area contributed by atoms with E-state index in [2.05, 4.69) is 15.0 Å². The maximum Gasteiger partial charge on any atom is 0.242 e. The van der Waals surface area contributed by atoms with Crippen LogP contribution in [-0.2, 0) is 4.79 Å². The Balaban J connectivity index is 1.79. The van der Waals surface area contributed by atoms with Crippen LogP contribution in [0, 0.1) is 6.92 Å². The van der Waals surface area contributed by atoms with Crippen molar-refractivity contribution in [2.45, 2.75) is 19.8 Å². The van der Waals surface area contributed by atoms with Gasteiger partial charge in [-0.1, -0.05) is 0 Å². The number of carbonyl (C=O) groups excluding carboxylic acids is 1. The van der Waals surface area contributed by atoms with Crippen molar-refractivity contribution in [1.82, 2.24) is 19.9 Å². The fraction of sp³-hybridized carbons (Fsp3) is 0.412. The molecule has 2 aromatic heterocycles. The van der Waals surface area contributed by atoms with Crippen molar-refractivity contribution in [3.63, 3.8) is 0 Å². The number of amides is 1. The number of pyridine rings is 1. The highest BCUT2D eigenvalue weighted by Gasteiger charge is 2.20. The molecular weight excluding hydrogens is 290 g/mol. The van der Waals surface area contributed by atoms with Gasteiger partial charge in [0.1, 0.15) is 11.6 Å². The molecule has 2 aromatic rings. The van der Waals surface area contributed by atoms with Crippen LogP contribution in [0.25, 0.3) is 11.3 Å². The number of carbonyl (C=O) groups is 1. The maximum atomic E-state index is 12.3. The average molecular weight is 311 g/mol. The standard InChI is InChI=1S/C17H21N5O/c1-13-19-15(14-5-7-18-8-6-14)11-16(20-13)21(2)12-17(23)22-9-3-4-10-22/h5-8,11H,3-4,9-10,12H2,1-2H3. The Kier molecular flexibility index (Phi) is 4.50. The number of likely N-dealkylation sites (N-methyl/N-ethyl adjacent to an activating group) is 1. The highest BCUT2D eigenvalue weighted by molar-refractivity contribution is 5.81. The van der Waals surface area contributed by atoms with Crippen LogP contribution >= 0.6 is 0 Å². The van der Waals surface area contributed by atoms with Gasteiger partial charge in [-0.3, -0.25) is 9.78 Å². The minimum Gasteiger partial charge on any atom is -0.350 e. The molecule has 3 rings (SSSR count). The number of aromatic nitrogens is 3. The molecule has 6 heteroatoms. The first-order valence-electron chi connectivity index (χ1n) is 7.88. The Morgan fingerprint density at radius 1 is 1.22 bits per heavy atom. The van der Waals surface area contributed by atoms with Gasteiger partial charge < -0.3 is 9.80 Å². The van der Waals surface area contributed by atoms with Gasteiger partial charge in [-0.25, -0.2) is 9.97 Å². The Hall–Kier alpha value is -2.50. The van der Waals surface area contributed by atoms with Crippen LogP contribution in [0.5, 0.6) is 0 Å². The van der Waals surface area contributed by atoms with Gasteiger partial charge in [0.15, 0.2) is 0 Å². The lowest BCUT2D eigenvalue weighted by Gasteiger charge is -2.22. The zero-order valence-corrected chi connectivity index (χ0v) is 13.6. The Morgan fingerprint density at radius 3 is 2.61 bits per heavy atom. The fourth-order valence-corrected chi connectivity index (χ4v) is 2.77. The van der Waals surface area contributed by atoms with Crippen LogP contribution in [-0.4, -0.2) is 52.4 Å². The summed E-state index contributed by atoms with van der Waals surface area (Å²) in [6.07, 6.45) is 5.70. The number of anilines is 1.